The summed E-state index contributed by atoms with van der Waals surface area (Å²) < 4.78 is 22.7. The van der Waals surface area contributed by atoms with E-state index in [1.54, 1.807) is 6.07 Å². The Hall–Kier alpha value is -3.28. The molecule has 12 heteroatoms. The number of hydrogen-bond acceptors (Lipinski definition) is 9. The van der Waals surface area contributed by atoms with Crippen molar-refractivity contribution < 1.29 is 23.4 Å². The van der Waals surface area contributed by atoms with Gasteiger partial charge >= 0.3 is 0 Å². The smallest absolute Gasteiger partial charge is 0.291 e. The third-order valence-electron chi connectivity index (χ3n) is 6.75. The minimum Gasteiger partial charge on any atom is -0.479 e. The van der Waals surface area contributed by atoms with Crippen LogP contribution in [0.4, 0.5) is 11.6 Å². The van der Waals surface area contributed by atoms with E-state index in [1.165, 1.54) is 31.0 Å². The lowest BCUT2D eigenvalue weighted by Gasteiger charge is -2.20. The van der Waals surface area contributed by atoms with Crippen molar-refractivity contribution >= 4 is 42.4 Å². The molecule has 1 aliphatic rings. The molecule has 0 saturated carbocycles. The summed E-state index contributed by atoms with van der Waals surface area (Å²) in [5.41, 5.74) is 2.53. The lowest BCUT2D eigenvalue weighted by atomic mass is 10.1. The summed E-state index contributed by atoms with van der Waals surface area (Å²) in [4.78, 5) is 23.9. The van der Waals surface area contributed by atoms with E-state index >= 15 is 0 Å². The van der Waals surface area contributed by atoms with Crippen molar-refractivity contribution in [1.29, 1.82) is 0 Å². The monoisotopic (exact) mass is 573 g/mol. The number of rotatable bonds is 11. The number of benzene rings is 1. The maximum Gasteiger partial charge on any atom is 0.291 e. The number of carbonyl (C=O) groups is 1. The van der Waals surface area contributed by atoms with Crippen LogP contribution in [-0.4, -0.2) is 70.3 Å². The van der Waals surface area contributed by atoms with E-state index in [0.717, 1.165) is 31.0 Å². The highest BCUT2D eigenvalue weighted by atomic mass is 35.5. The number of fused-ring (bicyclic) bond motifs is 1. The summed E-state index contributed by atoms with van der Waals surface area (Å²) >= 11 is 6.59. The molecule has 0 spiro atoms. The van der Waals surface area contributed by atoms with E-state index in [4.69, 9.17) is 30.2 Å². The normalized spacial score (nSPS) is 13.8. The van der Waals surface area contributed by atoms with Crippen molar-refractivity contribution in [2.24, 2.45) is 0 Å². The van der Waals surface area contributed by atoms with E-state index in [1.807, 2.05) is 20.2 Å². The predicted octanol–water partition coefficient (Wildman–Crippen LogP) is 4.93. The number of anilines is 2. The molecule has 0 fully saturated rings. The third kappa shape index (κ3) is 6.31. The molecule has 3 heterocycles. The fraction of sp³-hybridized carbons (Fsp3) is 0.444. The van der Waals surface area contributed by atoms with Crippen LogP contribution in [-0.2, 0) is 6.42 Å². The van der Waals surface area contributed by atoms with Gasteiger partial charge < -0.3 is 34.2 Å². The van der Waals surface area contributed by atoms with Crippen LogP contribution in [0.25, 0.3) is 0 Å². The Bertz CT molecular complexity index is 1340. The molecule has 210 valence electrons. The Kier molecular flexibility index (Phi) is 8.72. The maximum atomic E-state index is 13.1. The Balaban J connectivity index is 1.51. The van der Waals surface area contributed by atoms with Gasteiger partial charge in [-0.1, -0.05) is 29.9 Å². The van der Waals surface area contributed by atoms with Crippen LogP contribution >= 0.6 is 11.6 Å². The van der Waals surface area contributed by atoms with Gasteiger partial charge in [0.05, 0.1) is 27.3 Å². The van der Waals surface area contributed by atoms with Crippen LogP contribution in [0.3, 0.4) is 0 Å². The Morgan fingerprint density at radius 2 is 1.87 bits per heavy atom. The number of furan rings is 1. The molecule has 0 aliphatic carbocycles. The number of nitrogens with zero attached hydrogens (tertiary/aromatic N) is 3. The van der Waals surface area contributed by atoms with Crippen molar-refractivity contribution in [2.75, 3.05) is 52.0 Å². The van der Waals surface area contributed by atoms with Crippen molar-refractivity contribution in [1.82, 2.24) is 14.9 Å². The number of ether oxygens (including phenoxy) is 3. The Morgan fingerprint density at radius 1 is 1.18 bits per heavy atom. The molecule has 0 unspecified atom stereocenters. The predicted molar refractivity (Wildman–Crippen MR) is 155 cm³/mol. The first-order chi connectivity index (χ1) is 18.5. The summed E-state index contributed by atoms with van der Waals surface area (Å²) in [6, 6.07) is 6.22. The third-order valence-corrected chi connectivity index (χ3v) is 10.6. The first-order valence-electron chi connectivity index (χ1n) is 12.8. The van der Waals surface area contributed by atoms with Crippen LogP contribution in [0.15, 0.2) is 22.6 Å². The molecule has 0 saturated heterocycles. The maximum absolute atomic E-state index is 13.1. The standard InChI is InChI=1S/C27H36ClN5O5Si/c1-16-15-18(28)22(17-11-14-39(6,7)23(16)17)38-20-10-9-19(37-20)24(34)30-21-25(35-4)31-27(32-26(21)36-5)29-12-8-13-33(2)3/h9-10,15H,8,11-14H2,1-7H3,(H,30,34)(H,29,31,32). The van der Waals surface area contributed by atoms with Gasteiger partial charge in [0.15, 0.2) is 17.2 Å². The SMILES string of the molecule is COc1nc(NCCCN(C)C)nc(OC)c1NC(=O)c1ccc(Oc2c(Cl)cc(C)c3c2CC[Si]3(C)C)o1. The van der Waals surface area contributed by atoms with Crippen LogP contribution in [0, 0.1) is 6.92 Å². The van der Waals surface area contributed by atoms with Crippen LogP contribution in [0.1, 0.15) is 28.1 Å². The van der Waals surface area contributed by atoms with Crippen molar-refractivity contribution in [3.8, 4) is 23.5 Å². The highest BCUT2D eigenvalue weighted by molar-refractivity contribution is 6.91. The fourth-order valence-corrected chi connectivity index (χ4v) is 8.58. The van der Waals surface area contributed by atoms with Gasteiger partial charge in [0.25, 0.3) is 11.9 Å². The van der Waals surface area contributed by atoms with E-state index < -0.39 is 14.0 Å². The molecule has 1 aromatic carbocycles. The average Bonchev–Trinajstić information content (AvgIpc) is 3.48. The molecule has 2 aromatic heterocycles. The zero-order valence-corrected chi connectivity index (χ0v) is 25.3. The van der Waals surface area contributed by atoms with Gasteiger partial charge in [-0.25, -0.2) is 0 Å². The quantitative estimate of drug-likeness (QED) is 0.244. The zero-order chi connectivity index (χ0) is 28.3. The summed E-state index contributed by atoms with van der Waals surface area (Å²) in [7, 11) is 5.40. The lowest BCUT2D eigenvalue weighted by molar-refractivity contribution is 0.0990. The molecule has 0 bridgehead atoms. The number of carbonyl (C=O) groups excluding carboxylic acids is 1. The molecule has 1 amide bonds. The minimum absolute atomic E-state index is 0.0366. The number of amides is 1. The second-order valence-electron chi connectivity index (χ2n) is 10.4. The number of hydrogen-bond donors (Lipinski definition) is 2. The number of halogens is 1. The molecular weight excluding hydrogens is 538 g/mol. The van der Waals surface area contributed by atoms with Crippen molar-refractivity contribution in [2.45, 2.75) is 38.9 Å². The van der Waals surface area contributed by atoms with Gasteiger partial charge in [-0.15, -0.1) is 0 Å². The number of methoxy groups -OCH3 is 2. The first kappa shape index (κ1) is 28.7. The van der Waals surface area contributed by atoms with E-state index in [0.29, 0.717) is 23.3 Å². The van der Waals surface area contributed by atoms with Gasteiger partial charge in [0.1, 0.15) is 0 Å². The molecule has 39 heavy (non-hydrogen) atoms. The second kappa shape index (κ2) is 11.8. The molecule has 0 radical (unpaired) electrons. The van der Waals surface area contributed by atoms with E-state index in [-0.39, 0.29) is 29.2 Å². The Morgan fingerprint density at radius 3 is 2.51 bits per heavy atom. The topological polar surface area (TPSA) is 111 Å². The Labute approximate surface area is 235 Å². The first-order valence-corrected chi connectivity index (χ1v) is 16.4. The molecule has 4 rings (SSSR count). The van der Waals surface area contributed by atoms with E-state index in [9.17, 15) is 4.79 Å². The number of nitrogens with one attached hydrogen (secondary N) is 2. The number of aromatic nitrogens is 2. The minimum atomic E-state index is -1.54. The summed E-state index contributed by atoms with van der Waals surface area (Å²) in [6.07, 6.45) is 1.82. The summed E-state index contributed by atoms with van der Waals surface area (Å²) in [5.74, 6) is 0.918. The van der Waals surface area contributed by atoms with Crippen LogP contribution in [0.2, 0.25) is 24.2 Å². The molecule has 3 aromatic rings. The summed E-state index contributed by atoms with van der Waals surface area (Å²) in [6.45, 7) is 8.41. The zero-order valence-electron chi connectivity index (χ0n) is 23.5. The highest BCUT2D eigenvalue weighted by Crippen LogP contribution is 2.40. The van der Waals surface area contributed by atoms with Gasteiger partial charge in [-0.3, -0.25) is 4.79 Å². The number of aryl methyl sites for hydroxylation is 1. The molecule has 0 atom stereocenters. The van der Waals surface area contributed by atoms with Crippen molar-refractivity contribution in [3.63, 3.8) is 0 Å². The molecule has 1 aliphatic heterocycles. The molecular formula is C27H36ClN5O5Si. The fourth-order valence-electron chi connectivity index (χ4n) is 4.95. The highest BCUT2D eigenvalue weighted by Gasteiger charge is 2.36. The molecule has 2 N–H and O–H groups in total. The molecule has 10 nitrogen and oxygen atoms in total. The van der Waals surface area contributed by atoms with Crippen LogP contribution in [0.5, 0.6) is 23.5 Å². The van der Waals surface area contributed by atoms with Gasteiger partial charge in [-0.05, 0) is 69.7 Å². The van der Waals surface area contributed by atoms with Gasteiger partial charge in [0, 0.05) is 12.6 Å². The second-order valence-corrected chi connectivity index (χ2v) is 15.6. The lowest BCUT2D eigenvalue weighted by Crippen LogP contribution is -2.39. The average molecular weight is 574 g/mol. The summed E-state index contributed by atoms with van der Waals surface area (Å²) in [5, 5.41) is 7.81. The van der Waals surface area contributed by atoms with Gasteiger partial charge in [0.2, 0.25) is 17.7 Å². The van der Waals surface area contributed by atoms with E-state index in [2.05, 4.69) is 45.5 Å². The van der Waals surface area contributed by atoms with Gasteiger partial charge in [-0.2, -0.15) is 9.97 Å². The van der Waals surface area contributed by atoms with Crippen LogP contribution < -0.4 is 30.0 Å². The van der Waals surface area contributed by atoms with Crippen molar-refractivity contribution in [3.05, 3.63) is 40.1 Å². The largest absolute Gasteiger partial charge is 0.479 e.